The van der Waals surface area contributed by atoms with Crippen LogP contribution in [-0.4, -0.2) is 26.3 Å². The standard InChI is InChI=1S/C15H25NO/c1-5-7-15(17-4)14(16-3)11-13-9-6-8-12(2)10-13/h6,8-10,14-16H,5,7,11H2,1-4H3. The monoisotopic (exact) mass is 235 g/mol. The van der Waals surface area contributed by atoms with Crippen molar-refractivity contribution < 1.29 is 4.74 Å². The summed E-state index contributed by atoms with van der Waals surface area (Å²) >= 11 is 0. The Balaban J connectivity index is 2.68. The van der Waals surface area contributed by atoms with Gasteiger partial charge in [0.2, 0.25) is 0 Å². The average molecular weight is 235 g/mol. The number of rotatable bonds is 7. The van der Waals surface area contributed by atoms with Crippen LogP contribution in [0.5, 0.6) is 0 Å². The molecule has 96 valence electrons. The molecule has 1 aromatic rings. The SMILES string of the molecule is CCCC(OC)C(Cc1cccc(C)c1)NC. The molecule has 0 saturated heterocycles. The molecule has 1 aromatic carbocycles. The maximum absolute atomic E-state index is 5.58. The Morgan fingerprint density at radius 3 is 2.65 bits per heavy atom. The first-order valence-electron chi connectivity index (χ1n) is 6.46. The number of hydrogen-bond donors (Lipinski definition) is 1. The van der Waals surface area contributed by atoms with Gasteiger partial charge in [-0.25, -0.2) is 0 Å². The summed E-state index contributed by atoms with van der Waals surface area (Å²) < 4.78 is 5.58. The van der Waals surface area contributed by atoms with E-state index in [1.807, 2.05) is 7.05 Å². The van der Waals surface area contributed by atoms with Crippen molar-refractivity contribution in [3.8, 4) is 0 Å². The van der Waals surface area contributed by atoms with E-state index >= 15 is 0 Å². The first-order chi connectivity index (χ1) is 8.21. The van der Waals surface area contributed by atoms with Gasteiger partial charge in [-0.15, -0.1) is 0 Å². The van der Waals surface area contributed by atoms with Gasteiger partial charge in [-0.3, -0.25) is 0 Å². The molecule has 2 heteroatoms. The fraction of sp³-hybridized carbons (Fsp3) is 0.600. The van der Waals surface area contributed by atoms with Crippen molar-refractivity contribution in [1.82, 2.24) is 5.32 Å². The first-order valence-corrected chi connectivity index (χ1v) is 6.46. The minimum Gasteiger partial charge on any atom is -0.380 e. The van der Waals surface area contributed by atoms with Crippen molar-refractivity contribution >= 4 is 0 Å². The lowest BCUT2D eigenvalue weighted by atomic mass is 9.97. The van der Waals surface area contributed by atoms with Crippen LogP contribution in [0.1, 0.15) is 30.9 Å². The largest absolute Gasteiger partial charge is 0.380 e. The molecule has 17 heavy (non-hydrogen) atoms. The minimum atomic E-state index is 0.297. The fourth-order valence-electron chi connectivity index (χ4n) is 2.28. The second-order valence-electron chi connectivity index (χ2n) is 4.65. The molecule has 0 heterocycles. The summed E-state index contributed by atoms with van der Waals surface area (Å²) in [5.41, 5.74) is 2.70. The van der Waals surface area contributed by atoms with E-state index in [4.69, 9.17) is 4.74 Å². The molecular weight excluding hydrogens is 210 g/mol. The summed E-state index contributed by atoms with van der Waals surface area (Å²) in [5, 5.41) is 3.38. The molecule has 1 N–H and O–H groups in total. The van der Waals surface area contributed by atoms with Crippen molar-refractivity contribution in [3.05, 3.63) is 35.4 Å². The summed E-state index contributed by atoms with van der Waals surface area (Å²) in [7, 11) is 3.82. The van der Waals surface area contributed by atoms with E-state index in [2.05, 4.69) is 43.4 Å². The molecule has 0 radical (unpaired) electrons. The third-order valence-corrected chi connectivity index (χ3v) is 3.23. The van der Waals surface area contributed by atoms with Gasteiger partial charge < -0.3 is 10.1 Å². The Morgan fingerprint density at radius 2 is 2.12 bits per heavy atom. The van der Waals surface area contributed by atoms with Gasteiger partial charge in [0.05, 0.1) is 6.10 Å². The van der Waals surface area contributed by atoms with Crippen LogP contribution in [-0.2, 0) is 11.2 Å². The predicted octanol–water partition coefficient (Wildman–Crippen LogP) is 2.94. The molecule has 0 saturated carbocycles. The minimum absolute atomic E-state index is 0.297. The van der Waals surface area contributed by atoms with Gasteiger partial charge in [-0.1, -0.05) is 43.2 Å². The van der Waals surface area contributed by atoms with Crippen LogP contribution >= 0.6 is 0 Å². The predicted molar refractivity (Wildman–Crippen MR) is 73.4 cm³/mol. The average Bonchev–Trinajstić information content (AvgIpc) is 2.33. The molecule has 0 aliphatic carbocycles. The van der Waals surface area contributed by atoms with Crippen LogP contribution in [0.2, 0.25) is 0 Å². The summed E-state index contributed by atoms with van der Waals surface area (Å²) in [5.74, 6) is 0. The Labute approximate surface area is 105 Å². The zero-order chi connectivity index (χ0) is 12.7. The summed E-state index contributed by atoms with van der Waals surface area (Å²) in [4.78, 5) is 0. The van der Waals surface area contributed by atoms with Crippen LogP contribution in [0.4, 0.5) is 0 Å². The van der Waals surface area contributed by atoms with Gasteiger partial charge in [-0.2, -0.15) is 0 Å². The Morgan fingerprint density at radius 1 is 1.35 bits per heavy atom. The molecule has 2 atom stereocenters. The number of nitrogens with one attached hydrogen (secondary N) is 1. The molecule has 1 rings (SSSR count). The van der Waals surface area contributed by atoms with Crippen molar-refractivity contribution in [1.29, 1.82) is 0 Å². The molecule has 0 bridgehead atoms. The van der Waals surface area contributed by atoms with Crippen LogP contribution in [0, 0.1) is 6.92 Å². The first kappa shape index (κ1) is 14.2. The van der Waals surface area contributed by atoms with Crippen LogP contribution < -0.4 is 5.32 Å². The smallest absolute Gasteiger partial charge is 0.0727 e. The van der Waals surface area contributed by atoms with E-state index in [-0.39, 0.29) is 0 Å². The number of benzene rings is 1. The van der Waals surface area contributed by atoms with Gasteiger partial charge in [0.25, 0.3) is 0 Å². The number of hydrogen-bond acceptors (Lipinski definition) is 2. The molecule has 0 aliphatic heterocycles. The van der Waals surface area contributed by atoms with E-state index in [1.165, 1.54) is 11.1 Å². The number of aryl methyl sites for hydroxylation is 1. The third kappa shape index (κ3) is 4.49. The highest BCUT2D eigenvalue weighted by atomic mass is 16.5. The highest BCUT2D eigenvalue weighted by molar-refractivity contribution is 5.23. The molecule has 0 fully saturated rings. The van der Waals surface area contributed by atoms with Gasteiger partial charge >= 0.3 is 0 Å². The third-order valence-electron chi connectivity index (χ3n) is 3.23. The lowest BCUT2D eigenvalue weighted by Crippen LogP contribution is -2.40. The Bertz CT molecular complexity index is 324. The lowest BCUT2D eigenvalue weighted by Gasteiger charge is -2.25. The molecule has 0 aromatic heterocycles. The quantitative estimate of drug-likeness (QED) is 0.784. The summed E-state index contributed by atoms with van der Waals surface area (Å²) in [6, 6.07) is 9.09. The van der Waals surface area contributed by atoms with Gasteiger partial charge in [0.15, 0.2) is 0 Å². The number of ether oxygens (including phenoxy) is 1. The maximum Gasteiger partial charge on any atom is 0.0727 e. The summed E-state index contributed by atoms with van der Waals surface area (Å²) in [6.45, 7) is 4.34. The zero-order valence-electron chi connectivity index (χ0n) is 11.5. The highest BCUT2D eigenvalue weighted by Gasteiger charge is 2.18. The van der Waals surface area contributed by atoms with Crippen molar-refractivity contribution in [2.45, 2.75) is 45.3 Å². The van der Waals surface area contributed by atoms with E-state index < -0.39 is 0 Å². The number of methoxy groups -OCH3 is 1. The Hall–Kier alpha value is -0.860. The van der Waals surface area contributed by atoms with Gasteiger partial charge in [0, 0.05) is 13.2 Å². The van der Waals surface area contributed by atoms with Gasteiger partial charge in [0.1, 0.15) is 0 Å². The molecule has 0 amide bonds. The normalized spacial score (nSPS) is 14.6. The van der Waals surface area contributed by atoms with Gasteiger partial charge in [-0.05, 0) is 32.4 Å². The molecule has 2 unspecified atom stereocenters. The second-order valence-corrected chi connectivity index (χ2v) is 4.65. The van der Waals surface area contributed by atoms with E-state index in [1.54, 1.807) is 7.11 Å². The summed E-state index contributed by atoms with van der Waals surface area (Å²) in [6.07, 6.45) is 3.58. The molecular formula is C15H25NO. The van der Waals surface area contributed by atoms with E-state index in [0.29, 0.717) is 12.1 Å². The molecule has 2 nitrogen and oxygen atoms in total. The topological polar surface area (TPSA) is 21.3 Å². The van der Waals surface area contributed by atoms with E-state index in [9.17, 15) is 0 Å². The van der Waals surface area contributed by atoms with Crippen LogP contribution in [0.25, 0.3) is 0 Å². The number of likely N-dealkylation sites (N-methyl/N-ethyl adjacent to an activating group) is 1. The molecule has 0 spiro atoms. The van der Waals surface area contributed by atoms with Crippen molar-refractivity contribution in [2.75, 3.05) is 14.2 Å². The maximum atomic E-state index is 5.58. The van der Waals surface area contributed by atoms with Crippen molar-refractivity contribution in [2.24, 2.45) is 0 Å². The molecule has 0 aliphatic rings. The second kappa shape index (κ2) is 7.46. The zero-order valence-corrected chi connectivity index (χ0v) is 11.5. The Kier molecular flexibility index (Phi) is 6.23. The highest BCUT2D eigenvalue weighted by Crippen LogP contribution is 2.13. The fourth-order valence-corrected chi connectivity index (χ4v) is 2.28. The van der Waals surface area contributed by atoms with E-state index in [0.717, 1.165) is 19.3 Å². The van der Waals surface area contributed by atoms with Crippen LogP contribution in [0.3, 0.4) is 0 Å². The lowest BCUT2D eigenvalue weighted by molar-refractivity contribution is 0.0633. The van der Waals surface area contributed by atoms with Crippen LogP contribution in [0.15, 0.2) is 24.3 Å². The van der Waals surface area contributed by atoms with Crippen molar-refractivity contribution in [3.63, 3.8) is 0 Å².